The van der Waals surface area contributed by atoms with E-state index in [1.807, 2.05) is 6.07 Å². The Morgan fingerprint density at radius 2 is 1.83 bits per heavy atom. The highest BCUT2D eigenvalue weighted by Gasteiger charge is 2.21. The normalized spacial score (nSPS) is 21.5. The molecule has 1 nitrogen and oxygen atoms in total. The maximum absolute atomic E-state index is 6.00. The van der Waals surface area contributed by atoms with E-state index in [1.165, 1.54) is 43.4 Å². The zero-order chi connectivity index (χ0) is 13.0. The van der Waals surface area contributed by atoms with Gasteiger partial charge >= 0.3 is 0 Å². The van der Waals surface area contributed by atoms with Crippen molar-refractivity contribution in [2.75, 3.05) is 0 Å². The Labute approximate surface area is 120 Å². The number of halogens is 1. The molecule has 0 radical (unpaired) electrons. The van der Waals surface area contributed by atoms with E-state index in [2.05, 4.69) is 25.2 Å². The third-order valence-electron chi connectivity index (χ3n) is 4.14. The Balaban J connectivity index is 1.87. The number of thiophene rings is 1. The van der Waals surface area contributed by atoms with Crippen LogP contribution in [0.2, 0.25) is 4.34 Å². The summed E-state index contributed by atoms with van der Waals surface area (Å²) in [6.45, 7) is 4.59. The summed E-state index contributed by atoms with van der Waals surface area (Å²) in [5.74, 6) is 0.852. The Bertz CT molecular complexity index is 355. The maximum Gasteiger partial charge on any atom is 0.0931 e. The van der Waals surface area contributed by atoms with E-state index in [0.29, 0.717) is 12.1 Å². The molecular weight excluding hydrogens is 262 g/mol. The summed E-state index contributed by atoms with van der Waals surface area (Å²) in [5.41, 5.74) is 0. The first-order valence-electron chi connectivity index (χ1n) is 7.18. The molecule has 0 saturated heterocycles. The van der Waals surface area contributed by atoms with Gasteiger partial charge in [-0.25, -0.2) is 0 Å². The molecule has 1 aliphatic carbocycles. The van der Waals surface area contributed by atoms with Crippen LogP contribution in [-0.4, -0.2) is 6.04 Å². The molecule has 0 amide bonds. The van der Waals surface area contributed by atoms with Gasteiger partial charge in [-0.1, -0.05) is 37.3 Å². The summed E-state index contributed by atoms with van der Waals surface area (Å²) in [4.78, 5) is 1.35. The molecule has 1 N–H and O–H groups in total. The van der Waals surface area contributed by atoms with Gasteiger partial charge in [0.05, 0.1) is 4.34 Å². The summed E-state index contributed by atoms with van der Waals surface area (Å²) in [5, 5.41) is 3.76. The van der Waals surface area contributed by atoms with Gasteiger partial charge in [-0.05, 0) is 44.7 Å². The highest BCUT2D eigenvalue weighted by Crippen LogP contribution is 2.30. The van der Waals surface area contributed by atoms with Crippen LogP contribution in [0, 0.1) is 5.92 Å². The summed E-state index contributed by atoms with van der Waals surface area (Å²) in [6, 6.07) is 5.17. The molecule has 2 rings (SSSR count). The zero-order valence-corrected chi connectivity index (χ0v) is 13.0. The van der Waals surface area contributed by atoms with Gasteiger partial charge in [-0.3, -0.25) is 0 Å². The SMILES string of the molecule is CC(N[C@H](C)C1CCCCCC1)c1ccc(Cl)s1. The van der Waals surface area contributed by atoms with Crippen molar-refractivity contribution in [3.8, 4) is 0 Å². The topological polar surface area (TPSA) is 12.0 Å². The molecule has 1 fully saturated rings. The highest BCUT2D eigenvalue weighted by molar-refractivity contribution is 7.16. The Kier molecular flexibility index (Phi) is 5.53. The van der Waals surface area contributed by atoms with Gasteiger partial charge in [0.1, 0.15) is 0 Å². The van der Waals surface area contributed by atoms with Gasteiger partial charge in [-0.15, -0.1) is 11.3 Å². The van der Waals surface area contributed by atoms with E-state index >= 15 is 0 Å². The van der Waals surface area contributed by atoms with Crippen molar-refractivity contribution in [2.24, 2.45) is 5.92 Å². The fourth-order valence-electron chi connectivity index (χ4n) is 2.98. The second-order valence-corrected chi connectivity index (χ2v) is 7.32. The smallest absolute Gasteiger partial charge is 0.0931 e. The fraction of sp³-hybridized carbons (Fsp3) is 0.733. The molecular formula is C15H24ClNS. The van der Waals surface area contributed by atoms with Crippen LogP contribution in [0.15, 0.2) is 12.1 Å². The lowest BCUT2D eigenvalue weighted by atomic mass is 9.92. The van der Waals surface area contributed by atoms with Crippen molar-refractivity contribution >= 4 is 22.9 Å². The molecule has 1 unspecified atom stereocenters. The van der Waals surface area contributed by atoms with Gasteiger partial charge in [0.25, 0.3) is 0 Å². The molecule has 0 aromatic carbocycles. The lowest BCUT2D eigenvalue weighted by Crippen LogP contribution is -2.35. The Morgan fingerprint density at radius 1 is 1.17 bits per heavy atom. The van der Waals surface area contributed by atoms with Crippen LogP contribution in [-0.2, 0) is 0 Å². The molecule has 0 bridgehead atoms. The average molecular weight is 286 g/mol. The molecule has 1 saturated carbocycles. The van der Waals surface area contributed by atoms with Crippen LogP contribution in [0.1, 0.15) is 63.3 Å². The van der Waals surface area contributed by atoms with Crippen LogP contribution >= 0.6 is 22.9 Å². The lowest BCUT2D eigenvalue weighted by molar-refractivity contribution is 0.318. The van der Waals surface area contributed by atoms with Gasteiger partial charge < -0.3 is 5.32 Å². The maximum atomic E-state index is 6.00. The molecule has 2 atom stereocenters. The van der Waals surface area contributed by atoms with E-state index in [1.54, 1.807) is 11.3 Å². The van der Waals surface area contributed by atoms with Crippen LogP contribution < -0.4 is 5.32 Å². The first-order chi connectivity index (χ1) is 8.66. The summed E-state index contributed by atoms with van der Waals surface area (Å²) >= 11 is 7.69. The first kappa shape index (κ1) is 14.4. The molecule has 1 aliphatic rings. The van der Waals surface area contributed by atoms with Crippen molar-refractivity contribution in [2.45, 2.75) is 64.5 Å². The van der Waals surface area contributed by atoms with Crippen molar-refractivity contribution < 1.29 is 0 Å². The third kappa shape index (κ3) is 3.97. The summed E-state index contributed by atoms with van der Waals surface area (Å²) < 4.78 is 0.890. The van der Waals surface area contributed by atoms with Gasteiger partial charge in [0.2, 0.25) is 0 Å². The standard InChI is InChI=1S/C15H24ClNS/c1-11(13-7-5-3-4-6-8-13)17-12(2)14-9-10-15(16)18-14/h9-13,17H,3-8H2,1-2H3/t11-,12?/m1/s1. The number of hydrogen-bond donors (Lipinski definition) is 1. The third-order valence-corrected chi connectivity index (χ3v) is 5.55. The van der Waals surface area contributed by atoms with E-state index in [0.717, 1.165) is 10.3 Å². The molecule has 1 aromatic rings. The number of rotatable bonds is 4. The monoisotopic (exact) mass is 285 g/mol. The minimum Gasteiger partial charge on any atom is -0.307 e. The minimum atomic E-state index is 0.417. The molecule has 102 valence electrons. The molecule has 0 spiro atoms. The quantitative estimate of drug-likeness (QED) is 0.729. The summed E-state index contributed by atoms with van der Waals surface area (Å²) in [6.07, 6.45) is 8.47. The lowest BCUT2D eigenvalue weighted by Gasteiger charge is -2.26. The van der Waals surface area contributed by atoms with E-state index in [-0.39, 0.29) is 0 Å². The largest absolute Gasteiger partial charge is 0.307 e. The van der Waals surface area contributed by atoms with Crippen LogP contribution in [0.5, 0.6) is 0 Å². The van der Waals surface area contributed by atoms with Crippen molar-refractivity contribution in [1.82, 2.24) is 5.32 Å². The second-order valence-electron chi connectivity index (χ2n) is 5.57. The Hall–Kier alpha value is -0.0500. The molecule has 18 heavy (non-hydrogen) atoms. The van der Waals surface area contributed by atoms with Crippen molar-refractivity contribution in [1.29, 1.82) is 0 Å². The molecule has 3 heteroatoms. The first-order valence-corrected chi connectivity index (χ1v) is 8.37. The predicted molar refractivity (Wildman–Crippen MR) is 81.5 cm³/mol. The van der Waals surface area contributed by atoms with Crippen LogP contribution in [0.4, 0.5) is 0 Å². The fourth-order valence-corrected chi connectivity index (χ4v) is 4.06. The molecule has 1 aromatic heterocycles. The summed E-state index contributed by atoms with van der Waals surface area (Å²) in [7, 11) is 0. The van der Waals surface area contributed by atoms with Crippen molar-refractivity contribution in [3.63, 3.8) is 0 Å². The number of hydrogen-bond acceptors (Lipinski definition) is 2. The van der Waals surface area contributed by atoms with Crippen molar-refractivity contribution in [3.05, 3.63) is 21.3 Å². The average Bonchev–Trinajstić information content (AvgIpc) is 2.63. The minimum absolute atomic E-state index is 0.417. The van der Waals surface area contributed by atoms with E-state index in [4.69, 9.17) is 11.6 Å². The highest BCUT2D eigenvalue weighted by atomic mass is 35.5. The second kappa shape index (κ2) is 6.93. The van der Waals surface area contributed by atoms with Crippen LogP contribution in [0.3, 0.4) is 0 Å². The predicted octanol–water partition coefficient (Wildman–Crippen LogP) is 5.41. The zero-order valence-electron chi connectivity index (χ0n) is 11.4. The van der Waals surface area contributed by atoms with Gasteiger partial charge in [-0.2, -0.15) is 0 Å². The number of nitrogens with one attached hydrogen (secondary N) is 1. The van der Waals surface area contributed by atoms with Gasteiger partial charge in [0.15, 0.2) is 0 Å². The van der Waals surface area contributed by atoms with E-state index in [9.17, 15) is 0 Å². The van der Waals surface area contributed by atoms with E-state index < -0.39 is 0 Å². The molecule has 0 aliphatic heterocycles. The Morgan fingerprint density at radius 3 is 2.39 bits per heavy atom. The van der Waals surface area contributed by atoms with Crippen LogP contribution in [0.25, 0.3) is 0 Å². The molecule has 1 heterocycles. The van der Waals surface area contributed by atoms with Gasteiger partial charge in [0, 0.05) is 17.0 Å².